The normalized spacial score (nSPS) is 15.1. The van der Waals surface area contributed by atoms with Gasteiger partial charge in [0.25, 0.3) is 0 Å². The molecule has 0 spiro atoms. The van der Waals surface area contributed by atoms with E-state index in [4.69, 9.17) is 0 Å². The van der Waals surface area contributed by atoms with E-state index in [0.29, 0.717) is 0 Å². The van der Waals surface area contributed by atoms with Crippen molar-refractivity contribution in [2.75, 3.05) is 7.05 Å². The first-order valence-electron chi connectivity index (χ1n) is 5.54. The Morgan fingerprint density at radius 2 is 2.00 bits per heavy atom. The van der Waals surface area contributed by atoms with Crippen LogP contribution in [0.4, 0.5) is 0 Å². The van der Waals surface area contributed by atoms with Crippen LogP contribution in [0.2, 0.25) is 0 Å². The molecule has 0 bridgehead atoms. The topological polar surface area (TPSA) is 12.0 Å². The summed E-state index contributed by atoms with van der Waals surface area (Å²) in [4.78, 5) is 0. The van der Waals surface area contributed by atoms with Crippen molar-refractivity contribution in [3.63, 3.8) is 0 Å². The minimum Gasteiger partial charge on any atom is -0.311 e. The van der Waals surface area contributed by atoms with Gasteiger partial charge in [-0.05, 0) is 50.9 Å². The van der Waals surface area contributed by atoms with Gasteiger partial charge in [-0.1, -0.05) is 29.8 Å². The highest BCUT2D eigenvalue weighted by atomic mass is 14.9. The molecule has 1 nitrogen and oxygen atoms in total. The monoisotopic (exact) mass is 201 g/mol. The molecular weight excluding hydrogens is 182 g/mol. The summed E-state index contributed by atoms with van der Waals surface area (Å²) in [6, 6.07) is 6.75. The number of hydrogen-bond acceptors (Lipinski definition) is 1. The van der Waals surface area contributed by atoms with Crippen LogP contribution in [0.3, 0.4) is 0 Å². The van der Waals surface area contributed by atoms with Crippen LogP contribution in [0.1, 0.15) is 30.5 Å². The van der Waals surface area contributed by atoms with E-state index in [2.05, 4.69) is 50.4 Å². The lowest BCUT2D eigenvalue weighted by atomic mass is 9.89. The number of benzene rings is 1. The first-order valence-corrected chi connectivity index (χ1v) is 5.54. The molecule has 0 aromatic heterocycles. The summed E-state index contributed by atoms with van der Waals surface area (Å²) in [5.74, 6) is 0. The van der Waals surface area contributed by atoms with Gasteiger partial charge >= 0.3 is 0 Å². The van der Waals surface area contributed by atoms with Crippen molar-refractivity contribution in [2.45, 2.75) is 32.7 Å². The van der Waals surface area contributed by atoms with Gasteiger partial charge in [0.05, 0.1) is 0 Å². The first-order chi connectivity index (χ1) is 7.04. The number of allylic oxidation sites excluding steroid dienone is 1. The van der Waals surface area contributed by atoms with Crippen molar-refractivity contribution in [2.24, 2.45) is 0 Å². The van der Waals surface area contributed by atoms with Crippen LogP contribution in [0.25, 0.3) is 5.57 Å². The van der Waals surface area contributed by atoms with Crippen molar-refractivity contribution < 1.29 is 0 Å². The smallest absolute Gasteiger partial charge is 0.0377 e. The Labute approximate surface area is 92.2 Å². The molecule has 15 heavy (non-hydrogen) atoms. The predicted molar refractivity (Wildman–Crippen MR) is 66.0 cm³/mol. The largest absolute Gasteiger partial charge is 0.311 e. The van der Waals surface area contributed by atoms with Gasteiger partial charge in [0, 0.05) is 5.54 Å². The minimum atomic E-state index is 0.0685. The highest BCUT2D eigenvalue weighted by Crippen LogP contribution is 2.35. The lowest BCUT2D eigenvalue weighted by molar-refractivity contribution is 0.546. The van der Waals surface area contributed by atoms with Gasteiger partial charge in [-0.2, -0.15) is 0 Å². The van der Waals surface area contributed by atoms with Crippen molar-refractivity contribution in [3.8, 4) is 0 Å². The van der Waals surface area contributed by atoms with Gasteiger partial charge in [-0.25, -0.2) is 0 Å². The standard InChI is InChI=1S/C14H19N/c1-10-5-6-11-7-8-13(12(11)9-10)14(2,3)15-4/h5-6,8-9,15H,7H2,1-4H3. The third-order valence-corrected chi connectivity index (χ3v) is 3.38. The van der Waals surface area contributed by atoms with E-state index in [1.54, 1.807) is 0 Å². The Balaban J connectivity index is 2.46. The van der Waals surface area contributed by atoms with E-state index >= 15 is 0 Å². The third kappa shape index (κ3) is 1.72. The maximum atomic E-state index is 3.38. The number of hydrogen-bond donors (Lipinski definition) is 1. The number of nitrogens with one attached hydrogen (secondary N) is 1. The zero-order chi connectivity index (χ0) is 11.1. The van der Waals surface area contributed by atoms with Gasteiger partial charge in [0.15, 0.2) is 0 Å². The Morgan fingerprint density at radius 1 is 1.27 bits per heavy atom. The van der Waals surface area contributed by atoms with E-state index in [1.165, 1.54) is 22.3 Å². The molecule has 0 saturated carbocycles. The zero-order valence-corrected chi connectivity index (χ0v) is 10.0. The van der Waals surface area contributed by atoms with Crippen LogP contribution in [0.15, 0.2) is 24.3 Å². The average molecular weight is 201 g/mol. The molecule has 0 amide bonds. The fourth-order valence-electron chi connectivity index (χ4n) is 2.17. The van der Waals surface area contributed by atoms with E-state index in [9.17, 15) is 0 Å². The number of fused-ring (bicyclic) bond motifs is 1. The summed E-state index contributed by atoms with van der Waals surface area (Å²) < 4.78 is 0. The molecule has 0 atom stereocenters. The molecule has 1 aromatic carbocycles. The molecule has 0 heterocycles. The van der Waals surface area contributed by atoms with Gasteiger partial charge < -0.3 is 5.32 Å². The molecule has 0 unspecified atom stereocenters. The van der Waals surface area contributed by atoms with Crippen LogP contribution in [0, 0.1) is 6.92 Å². The summed E-state index contributed by atoms with van der Waals surface area (Å²) in [5, 5.41) is 3.38. The van der Waals surface area contributed by atoms with Gasteiger partial charge in [0.2, 0.25) is 0 Å². The van der Waals surface area contributed by atoms with E-state index in [-0.39, 0.29) is 5.54 Å². The van der Waals surface area contributed by atoms with Crippen LogP contribution in [-0.2, 0) is 6.42 Å². The van der Waals surface area contributed by atoms with Crippen LogP contribution < -0.4 is 5.32 Å². The molecule has 1 heteroatoms. The molecule has 1 N–H and O–H groups in total. The Hall–Kier alpha value is -1.08. The fourth-order valence-corrected chi connectivity index (χ4v) is 2.17. The van der Waals surface area contributed by atoms with Gasteiger partial charge in [-0.3, -0.25) is 0 Å². The summed E-state index contributed by atoms with van der Waals surface area (Å²) in [7, 11) is 2.02. The number of rotatable bonds is 2. The zero-order valence-electron chi connectivity index (χ0n) is 10.0. The molecule has 2 rings (SSSR count). The molecule has 80 valence electrons. The molecule has 0 saturated heterocycles. The maximum absolute atomic E-state index is 3.38. The summed E-state index contributed by atoms with van der Waals surface area (Å²) in [6.45, 7) is 6.62. The second kappa shape index (κ2) is 3.49. The SMILES string of the molecule is CNC(C)(C)C1=CCc2ccc(C)cc21. The molecule has 1 aromatic rings. The number of likely N-dealkylation sites (N-methyl/N-ethyl adjacent to an activating group) is 1. The second-order valence-electron chi connectivity index (χ2n) is 4.86. The molecule has 0 radical (unpaired) electrons. The maximum Gasteiger partial charge on any atom is 0.0377 e. The van der Waals surface area contributed by atoms with Gasteiger partial charge in [0.1, 0.15) is 0 Å². The molecule has 1 aliphatic rings. The van der Waals surface area contributed by atoms with E-state index < -0.39 is 0 Å². The number of aryl methyl sites for hydroxylation is 1. The van der Waals surface area contributed by atoms with Gasteiger partial charge in [-0.15, -0.1) is 0 Å². The summed E-state index contributed by atoms with van der Waals surface area (Å²) >= 11 is 0. The molecule has 0 fully saturated rings. The Morgan fingerprint density at radius 3 is 2.67 bits per heavy atom. The van der Waals surface area contributed by atoms with Crippen LogP contribution in [-0.4, -0.2) is 12.6 Å². The van der Waals surface area contributed by atoms with Crippen LogP contribution in [0.5, 0.6) is 0 Å². The lowest BCUT2D eigenvalue weighted by Crippen LogP contribution is -2.37. The first kappa shape index (κ1) is 10.4. The summed E-state index contributed by atoms with van der Waals surface area (Å²) in [5.41, 5.74) is 5.73. The minimum absolute atomic E-state index is 0.0685. The van der Waals surface area contributed by atoms with Crippen molar-refractivity contribution in [3.05, 3.63) is 41.0 Å². The predicted octanol–water partition coefficient (Wildman–Crippen LogP) is 2.93. The van der Waals surface area contributed by atoms with E-state index in [0.717, 1.165) is 6.42 Å². The molecule has 0 aliphatic heterocycles. The van der Waals surface area contributed by atoms with E-state index in [1.807, 2.05) is 7.05 Å². The Kier molecular flexibility index (Phi) is 2.43. The van der Waals surface area contributed by atoms with Crippen LogP contribution >= 0.6 is 0 Å². The average Bonchev–Trinajstić information content (AvgIpc) is 2.61. The third-order valence-electron chi connectivity index (χ3n) is 3.38. The summed E-state index contributed by atoms with van der Waals surface area (Å²) in [6.07, 6.45) is 3.43. The highest BCUT2D eigenvalue weighted by Gasteiger charge is 2.26. The van der Waals surface area contributed by atoms with Crippen molar-refractivity contribution >= 4 is 5.57 Å². The highest BCUT2D eigenvalue weighted by molar-refractivity contribution is 5.78. The quantitative estimate of drug-likeness (QED) is 0.775. The van der Waals surface area contributed by atoms with Crippen molar-refractivity contribution in [1.29, 1.82) is 0 Å². The second-order valence-corrected chi connectivity index (χ2v) is 4.86. The lowest BCUT2D eigenvalue weighted by Gasteiger charge is -2.27. The molecule has 1 aliphatic carbocycles. The molecular formula is C14H19N. The Bertz CT molecular complexity index is 413. The van der Waals surface area contributed by atoms with Crippen molar-refractivity contribution in [1.82, 2.24) is 5.32 Å². The fraction of sp³-hybridized carbons (Fsp3) is 0.429.